The van der Waals surface area contributed by atoms with E-state index in [1.54, 1.807) is 30.3 Å². The number of fused-ring (bicyclic) bond motifs is 1. The smallest absolute Gasteiger partial charge is 0.0499 e. The van der Waals surface area contributed by atoms with Crippen molar-refractivity contribution >= 4 is 54.7 Å². The van der Waals surface area contributed by atoms with Crippen LogP contribution in [0.4, 0.5) is 0 Å². The maximum absolute atomic E-state index is 2.39. The van der Waals surface area contributed by atoms with Crippen molar-refractivity contribution in [2.45, 2.75) is 105 Å². The SMILES string of the molecule is CCCCCc1c(-c2ccc(C(C)C)s2)sc2c(CCCCC)c(-c3ccc(C(C)C)s3)sc12. The molecule has 0 aliphatic heterocycles. The zero-order chi connectivity index (χ0) is 24.2. The first-order valence-corrected chi connectivity index (χ1v) is 16.5. The molecule has 0 atom stereocenters. The number of aryl methyl sites for hydroxylation is 2. The van der Waals surface area contributed by atoms with Crippen molar-refractivity contribution in [2.75, 3.05) is 0 Å². The Hall–Kier alpha value is -0.940. The first-order chi connectivity index (χ1) is 16.4. The molecule has 0 spiro atoms. The average Bonchev–Trinajstić information content (AvgIpc) is 3.58. The van der Waals surface area contributed by atoms with Gasteiger partial charge in [-0.3, -0.25) is 0 Å². The lowest BCUT2D eigenvalue weighted by atomic mass is 10.0. The first-order valence-electron chi connectivity index (χ1n) is 13.2. The molecule has 0 bridgehead atoms. The molecular weight excluding hydrogens is 489 g/mol. The fraction of sp³-hybridized carbons (Fsp3) is 0.533. The van der Waals surface area contributed by atoms with Gasteiger partial charge in [0, 0.05) is 38.7 Å². The van der Waals surface area contributed by atoms with E-state index >= 15 is 0 Å². The molecule has 0 aliphatic carbocycles. The van der Waals surface area contributed by atoms with Gasteiger partial charge in [-0.05, 0) is 72.9 Å². The van der Waals surface area contributed by atoms with Gasteiger partial charge in [0.25, 0.3) is 0 Å². The van der Waals surface area contributed by atoms with E-state index in [-0.39, 0.29) is 0 Å². The molecule has 0 unspecified atom stereocenters. The standard InChI is InChI=1S/C30H40S4/c1-7-9-11-13-21-27(25-17-15-23(31-25)19(3)4)33-30-22(14-12-10-8-2)28(34-29(21)30)26-18-16-24(32-26)20(5)6/h15-20H,7-14H2,1-6H3. The molecule has 0 saturated carbocycles. The van der Waals surface area contributed by atoms with Gasteiger partial charge in [-0.25, -0.2) is 0 Å². The molecule has 0 fully saturated rings. The molecule has 184 valence electrons. The third-order valence-corrected chi connectivity index (χ3v) is 12.5. The van der Waals surface area contributed by atoms with Gasteiger partial charge in [0.15, 0.2) is 0 Å². The lowest BCUT2D eigenvalue weighted by Crippen LogP contribution is -1.85. The molecule has 4 heteroatoms. The Bertz CT molecular complexity index is 1100. The average molecular weight is 529 g/mol. The Morgan fingerprint density at radius 1 is 0.559 bits per heavy atom. The van der Waals surface area contributed by atoms with Crippen LogP contribution in [0.5, 0.6) is 0 Å². The van der Waals surface area contributed by atoms with E-state index in [0.29, 0.717) is 11.8 Å². The van der Waals surface area contributed by atoms with Gasteiger partial charge in [0.2, 0.25) is 0 Å². The maximum Gasteiger partial charge on any atom is 0.0499 e. The fourth-order valence-corrected chi connectivity index (χ4v) is 9.87. The first kappa shape index (κ1) is 26.1. The Morgan fingerprint density at radius 3 is 1.29 bits per heavy atom. The van der Waals surface area contributed by atoms with Crippen molar-refractivity contribution in [2.24, 2.45) is 0 Å². The Balaban J connectivity index is 1.85. The third kappa shape index (κ3) is 5.56. The summed E-state index contributed by atoms with van der Waals surface area (Å²) in [5.41, 5.74) is 3.28. The van der Waals surface area contributed by atoms with Crippen molar-refractivity contribution in [1.82, 2.24) is 0 Å². The van der Waals surface area contributed by atoms with E-state index in [9.17, 15) is 0 Å². The summed E-state index contributed by atoms with van der Waals surface area (Å²) in [5.74, 6) is 1.21. The summed E-state index contributed by atoms with van der Waals surface area (Å²) in [7, 11) is 0. The van der Waals surface area contributed by atoms with E-state index in [1.807, 2.05) is 22.7 Å². The third-order valence-electron chi connectivity index (χ3n) is 6.61. The second-order valence-electron chi connectivity index (χ2n) is 10.1. The van der Waals surface area contributed by atoms with Gasteiger partial charge in [0.1, 0.15) is 0 Å². The highest BCUT2D eigenvalue weighted by Gasteiger charge is 2.24. The van der Waals surface area contributed by atoms with Crippen molar-refractivity contribution in [3.8, 4) is 19.5 Å². The van der Waals surface area contributed by atoms with Gasteiger partial charge in [-0.15, -0.1) is 45.3 Å². The zero-order valence-electron chi connectivity index (χ0n) is 21.8. The van der Waals surface area contributed by atoms with Crippen LogP contribution in [-0.2, 0) is 12.8 Å². The van der Waals surface area contributed by atoms with Crippen molar-refractivity contribution in [1.29, 1.82) is 0 Å². The Morgan fingerprint density at radius 2 is 0.971 bits per heavy atom. The van der Waals surface area contributed by atoms with E-state index in [4.69, 9.17) is 0 Å². The molecule has 0 amide bonds. The number of unbranched alkanes of at least 4 members (excludes halogenated alkanes) is 4. The molecule has 34 heavy (non-hydrogen) atoms. The largest absolute Gasteiger partial charge is 0.139 e. The van der Waals surface area contributed by atoms with E-state index in [0.717, 1.165) is 0 Å². The molecule has 4 aromatic rings. The Labute approximate surface area is 223 Å². The summed E-state index contributed by atoms with van der Waals surface area (Å²) in [6, 6.07) is 9.51. The molecule has 0 saturated heterocycles. The van der Waals surface area contributed by atoms with E-state index in [1.165, 1.54) is 70.9 Å². The topological polar surface area (TPSA) is 0 Å². The van der Waals surface area contributed by atoms with Gasteiger partial charge in [-0.1, -0.05) is 67.2 Å². The van der Waals surface area contributed by atoms with Crippen LogP contribution in [0.3, 0.4) is 0 Å². The predicted octanol–water partition coefficient (Wildman–Crippen LogP) is 12.1. The minimum absolute atomic E-state index is 0.605. The van der Waals surface area contributed by atoms with Crippen molar-refractivity contribution < 1.29 is 0 Å². The van der Waals surface area contributed by atoms with Gasteiger partial charge in [0.05, 0.1) is 0 Å². The van der Waals surface area contributed by atoms with Crippen molar-refractivity contribution in [3.63, 3.8) is 0 Å². The molecule has 4 heterocycles. The molecule has 0 nitrogen and oxygen atoms in total. The van der Waals surface area contributed by atoms with Crippen LogP contribution in [0.2, 0.25) is 0 Å². The highest BCUT2D eigenvalue weighted by molar-refractivity contribution is 7.34. The maximum atomic E-state index is 2.39. The van der Waals surface area contributed by atoms with Crippen LogP contribution >= 0.6 is 45.3 Å². The summed E-state index contributed by atoms with van der Waals surface area (Å²) >= 11 is 8.23. The van der Waals surface area contributed by atoms with Gasteiger partial charge < -0.3 is 0 Å². The predicted molar refractivity (Wildman–Crippen MR) is 161 cm³/mol. The van der Waals surface area contributed by atoms with Gasteiger partial charge in [-0.2, -0.15) is 0 Å². The minimum Gasteiger partial charge on any atom is -0.139 e. The molecule has 4 rings (SSSR count). The van der Waals surface area contributed by atoms with E-state index in [2.05, 4.69) is 88.5 Å². The normalized spacial score (nSPS) is 12.1. The van der Waals surface area contributed by atoms with Crippen LogP contribution in [0.1, 0.15) is 113 Å². The van der Waals surface area contributed by atoms with Gasteiger partial charge >= 0.3 is 0 Å². The summed E-state index contributed by atoms with van der Waals surface area (Å²) in [6.45, 7) is 13.9. The minimum atomic E-state index is 0.605. The quantitative estimate of drug-likeness (QED) is 0.160. The molecule has 4 aromatic heterocycles. The summed E-state index contributed by atoms with van der Waals surface area (Å²) < 4.78 is 3.19. The van der Waals surface area contributed by atoms with Crippen LogP contribution in [-0.4, -0.2) is 0 Å². The molecular formula is C30H40S4. The van der Waals surface area contributed by atoms with E-state index < -0.39 is 0 Å². The summed E-state index contributed by atoms with van der Waals surface area (Å²) in [5, 5.41) is 0. The second kappa shape index (κ2) is 11.9. The van der Waals surface area contributed by atoms with Crippen LogP contribution < -0.4 is 0 Å². The molecule has 0 aromatic carbocycles. The zero-order valence-corrected chi connectivity index (χ0v) is 25.0. The monoisotopic (exact) mass is 528 g/mol. The van der Waals surface area contributed by atoms with Crippen LogP contribution in [0, 0.1) is 0 Å². The van der Waals surface area contributed by atoms with Crippen molar-refractivity contribution in [3.05, 3.63) is 45.1 Å². The Kier molecular flexibility index (Phi) is 9.12. The molecule has 0 radical (unpaired) electrons. The second-order valence-corrected chi connectivity index (χ2v) is 14.4. The number of hydrogen-bond donors (Lipinski definition) is 0. The lowest BCUT2D eigenvalue weighted by Gasteiger charge is -2.05. The summed E-state index contributed by atoms with van der Waals surface area (Å²) in [6.07, 6.45) is 10.2. The summed E-state index contributed by atoms with van der Waals surface area (Å²) in [4.78, 5) is 9.12. The lowest BCUT2D eigenvalue weighted by molar-refractivity contribution is 0.720. The fourth-order valence-electron chi connectivity index (χ4n) is 4.55. The van der Waals surface area contributed by atoms with Crippen LogP contribution in [0.25, 0.3) is 28.9 Å². The highest BCUT2D eigenvalue weighted by atomic mass is 32.1. The molecule has 0 N–H and O–H groups in total. The van der Waals surface area contributed by atoms with Crippen LogP contribution in [0.15, 0.2) is 24.3 Å². The number of rotatable bonds is 12. The highest BCUT2D eigenvalue weighted by Crippen LogP contribution is 2.52. The molecule has 0 aliphatic rings. The number of thiophene rings is 4. The number of hydrogen-bond acceptors (Lipinski definition) is 4.